The lowest BCUT2D eigenvalue weighted by molar-refractivity contribution is -0.139. The van der Waals surface area contributed by atoms with Crippen molar-refractivity contribution in [2.75, 3.05) is 12.9 Å². The third-order valence-corrected chi connectivity index (χ3v) is 7.20. The molecule has 0 radical (unpaired) electrons. The summed E-state index contributed by atoms with van der Waals surface area (Å²) in [5.74, 6) is 1.80. The Kier molecular flexibility index (Phi) is 9.67. The summed E-state index contributed by atoms with van der Waals surface area (Å²) in [4.78, 5) is 28.0. The van der Waals surface area contributed by atoms with E-state index in [4.69, 9.17) is 4.74 Å². The quantitative estimate of drug-likeness (QED) is 0.527. The van der Waals surface area contributed by atoms with Crippen molar-refractivity contribution in [1.82, 2.24) is 10.2 Å². The topological polar surface area (TPSA) is 58.6 Å². The van der Waals surface area contributed by atoms with Crippen LogP contribution in [0, 0.1) is 6.92 Å². The molecule has 3 rings (SSSR count). The van der Waals surface area contributed by atoms with E-state index >= 15 is 0 Å². The average Bonchev–Trinajstić information content (AvgIpc) is 2.83. The number of ether oxygens (including phenoxy) is 1. The Labute approximate surface area is 202 Å². The minimum absolute atomic E-state index is 0.0187. The highest BCUT2D eigenvalue weighted by molar-refractivity contribution is 7.99. The van der Waals surface area contributed by atoms with E-state index in [1.165, 1.54) is 17.5 Å². The van der Waals surface area contributed by atoms with E-state index in [0.29, 0.717) is 12.3 Å². The van der Waals surface area contributed by atoms with Crippen LogP contribution < -0.4 is 10.1 Å². The molecule has 0 aromatic heterocycles. The number of amides is 2. The summed E-state index contributed by atoms with van der Waals surface area (Å²) in [5.41, 5.74) is 3.40. The van der Waals surface area contributed by atoms with E-state index in [9.17, 15) is 9.59 Å². The van der Waals surface area contributed by atoms with Crippen molar-refractivity contribution < 1.29 is 14.3 Å². The molecular weight excluding hydrogens is 432 g/mol. The van der Waals surface area contributed by atoms with Gasteiger partial charge in [0.25, 0.3) is 0 Å². The summed E-state index contributed by atoms with van der Waals surface area (Å²) in [5, 5.41) is 3.19. The summed E-state index contributed by atoms with van der Waals surface area (Å²) in [7, 11) is 1.63. The second kappa shape index (κ2) is 12.7. The van der Waals surface area contributed by atoms with Crippen LogP contribution in [-0.2, 0) is 21.9 Å². The first-order valence-corrected chi connectivity index (χ1v) is 13.0. The molecule has 6 heteroatoms. The molecule has 1 unspecified atom stereocenters. The number of thioether (sulfide) groups is 1. The van der Waals surface area contributed by atoms with E-state index in [1.807, 2.05) is 37.3 Å². The maximum Gasteiger partial charge on any atom is 0.242 e. The Morgan fingerprint density at radius 3 is 2.48 bits per heavy atom. The third-order valence-electron chi connectivity index (χ3n) is 6.21. The van der Waals surface area contributed by atoms with Gasteiger partial charge in [-0.1, -0.05) is 61.2 Å². The molecule has 0 aliphatic heterocycles. The van der Waals surface area contributed by atoms with Crippen LogP contribution in [0.2, 0.25) is 0 Å². The van der Waals surface area contributed by atoms with Crippen LogP contribution >= 0.6 is 11.8 Å². The number of rotatable bonds is 10. The molecule has 1 atom stereocenters. The molecule has 2 aromatic carbocycles. The molecule has 1 fully saturated rings. The van der Waals surface area contributed by atoms with Gasteiger partial charge in [-0.25, -0.2) is 0 Å². The van der Waals surface area contributed by atoms with Crippen molar-refractivity contribution in [2.24, 2.45) is 0 Å². The lowest BCUT2D eigenvalue weighted by atomic mass is 9.95. The lowest BCUT2D eigenvalue weighted by Crippen LogP contribution is -2.50. The summed E-state index contributed by atoms with van der Waals surface area (Å²) < 4.78 is 5.25. The van der Waals surface area contributed by atoms with Crippen LogP contribution in [0.3, 0.4) is 0 Å². The highest BCUT2D eigenvalue weighted by Gasteiger charge is 2.28. The molecule has 0 spiro atoms. The Bertz CT molecular complexity index is 910. The zero-order valence-corrected chi connectivity index (χ0v) is 20.8. The van der Waals surface area contributed by atoms with Gasteiger partial charge in [0.2, 0.25) is 11.8 Å². The van der Waals surface area contributed by atoms with Gasteiger partial charge in [-0.2, -0.15) is 0 Å². The summed E-state index contributed by atoms with van der Waals surface area (Å²) in [6.07, 6.45) is 5.60. The van der Waals surface area contributed by atoms with E-state index in [1.54, 1.807) is 23.8 Å². The Hall–Kier alpha value is -2.47. The number of aryl methyl sites for hydroxylation is 1. The van der Waals surface area contributed by atoms with Gasteiger partial charge >= 0.3 is 0 Å². The molecule has 5 nitrogen and oxygen atoms in total. The van der Waals surface area contributed by atoms with Gasteiger partial charge < -0.3 is 15.0 Å². The van der Waals surface area contributed by atoms with Crippen molar-refractivity contribution in [2.45, 2.75) is 70.3 Å². The standard InChI is InChI=1S/C27H36N2O3S/c1-20-8-7-9-23(16-20)18-33-19-26(30)29(17-22-12-14-25(32-3)15-13-22)21(2)27(31)28-24-10-5-4-6-11-24/h7-9,12-16,21,24H,4-6,10-11,17-19H2,1-3H3,(H,28,31). The molecule has 1 saturated carbocycles. The maximum atomic E-state index is 13.3. The number of benzene rings is 2. The molecule has 178 valence electrons. The molecule has 2 aromatic rings. The van der Waals surface area contributed by atoms with Gasteiger partial charge in [-0.05, 0) is 49.9 Å². The van der Waals surface area contributed by atoms with Crippen LogP contribution in [0.5, 0.6) is 5.75 Å². The minimum Gasteiger partial charge on any atom is -0.497 e. The molecule has 1 N–H and O–H groups in total. The van der Waals surface area contributed by atoms with Crippen molar-refractivity contribution in [3.8, 4) is 5.75 Å². The number of hydrogen-bond acceptors (Lipinski definition) is 4. The summed E-state index contributed by atoms with van der Waals surface area (Å²) >= 11 is 1.59. The zero-order valence-electron chi connectivity index (χ0n) is 20.0. The predicted molar refractivity (Wildman–Crippen MR) is 135 cm³/mol. The lowest BCUT2D eigenvalue weighted by Gasteiger charge is -2.31. The van der Waals surface area contributed by atoms with Gasteiger partial charge in [0.15, 0.2) is 0 Å². The van der Waals surface area contributed by atoms with Gasteiger partial charge in [0, 0.05) is 18.3 Å². The first kappa shape index (κ1) is 25.2. The Balaban J connectivity index is 1.65. The number of carbonyl (C=O) groups is 2. The van der Waals surface area contributed by atoms with Crippen molar-refractivity contribution >= 4 is 23.6 Å². The monoisotopic (exact) mass is 468 g/mol. The Morgan fingerprint density at radius 2 is 1.82 bits per heavy atom. The van der Waals surface area contributed by atoms with Crippen LogP contribution in [0.1, 0.15) is 55.7 Å². The van der Waals surface area contributed by atoms with Crippen LogP contribution in [-0.4, -0.2) is 41.7 Å². The molecule has 1 aliphatic carbocycles. The summed E-state index contributed by atoms with van der Waals surface area (Å²) in [6.45, 7) is 4.31. The Morgan fingerprint density at radius 1 is 1.09 bits per heavy atom. The highest BCUT2D eigenvalue weighted by atomic mass is 32.2. The van der Waals surface area contributed by atoms with E-state index < -0.39 is 6.04 Å². The smallest absolute Gasteiger partial charge is 0.242 e. The number of hydrogen-bond donors (Lipinski definition) is 1. The van der Waals surface area contributed by atoms with Crippen molar-refractivity contribution in [3.05, 3.63) is 65.2 Å². The minimum atomic E-state index is -0.527. The molecule has 1 aliphatic rings. The largest absolute Gasteiger partial charge is 0.497 e. The van der Waals surface area contributed by atoms with Crippen LogP contribution in [0.15, 0.2) is 48.5 Å². The van der Waals surface area contributed by atoms with E-state index in [2.05, 4.69) is 30.4 Å². The van der Waals surface area contributed by atoms with Gasteiger partial charge in [-0.3, -0.25) is 9.59 Å². The molecular formula is C27H36N2O3S. The SMILES string of the molecule is COc1ccc(CN(C(=O)CSCc2cccc(C)c2)C(C)C(=O)NC2CCCCC2)cc1. The van der Waals surface area contributed by atoms with Crippen molar-refractivity contribution in [1.29, 1.82) is 0 Å². The third kappa shape index (κ3) is 7.81. The first-order chi connectivity index (χ1) is 16.0. The van der Waals surface area contributed by atoms with Gasteiger partial charge in [-0.15, -0.1) is 11.8 Å². The molecule has 0 heterocycles. The average molecular weight is 469 g/mol. The highest BCUT2D eigenvalue weighted by Crippen LogP contribution is 2.20. The van der Waals surface area contributed by atoms with Crippen LogP contribution in [0.25, 0.3) is 0 Å². The number of nitrogens with zero attached hydrogens (tertiary/aromatic N) is 1. The van der Waals surface area contributed by atoms with Gasteiger partial charge in [0.1, 0.15) is 11.8 Å². The fourth-order valence-corrected chi connectivity index (χ4v) is 5.08. The fourth-order valence-electron chi connectivity index (χ4n) is 4.22. The number of carbonyl (C=O) groups excluding carboxylic acids is 2. The molecule has 0 saturated heterocycles. The van der Waals surface area contributed by atoms with E-state index in [-0.39, 0.29) is 17.9 Å². The first-order valence-electron chi connectivity index (χ1n) is 11.8. The zero-order chi connectivity index (χ0) is 23.6. The van der Waals surface area contributed by atoms with Crippen LogP contribution in [0.4, 0.5) is 0 Å². The number of methoxy groups -OCH3 is 1. The number of nitrogens with one attached hydrogen (secondary N) is 1. The fraction of sp³-hybridized carbons (Fsp3) is 0.481. The molecule has 0 bridgehead atoms. The second-order valence-corrected chi connectivity index (χ2v) is 9.86. The maximum absolute atomic E-state index is 13.3. The molecule has 33 heavy (non-hydrogen) atoms. The van der Waals surface area contributed by atoms with E-state index in [0.717, 1.165) is 42.7 Å². The second-order valence-electron chi connectivity index (χ2n) is 8.87. The normalized spacial score (nSPS) is 15.0. The van der Waals surface area contributed by atoms with Gasteiger partial charge in [0.05, 0.1) is 12.9 Å². The molecule has 2 amide bonds. The van der Waals surface area contributed by atoms with Crippen molar-refractivity contribution in [3.63, 3.8) is 0 Å². The predicted octanol–water partition coefficient (Wildman–Crippen LogP) is 5.10. The summed E-state index contributed by atoms with van der Waals surface area (Å²) in [6, 6.07) is 15.7.